The minimum Gasteiger partial charge on any atom is -0.508 e. The van der Waals surface area contributed by atoms with Crippen molar-refractivity contribution in [2.75, 3.05) is 19.6 Å². The Labute approximate surface area is 264 Å². The first-order valence-corrected chi connectivity index (χ1v) is 15.1. The highest BCUT2D eigenvalue weighted by atomic mass is 16.5. The molecule has 46 heavy (non-hydrogen) atoms. The molecular weight excluding hydrogens is 590 g/mol. The van der Waals surface area contributed by atoms with Gasteiger partial charge >= 0.3 is 0 Å². The van der Waals surface area contributed by atoms with E-state index < -0.39 is 58.6 Å². The number of fused-ring (bicyclic) bond motifs is 4. The number of imide groups is 2. The van der Waals surface area contributed by atoms with Gasteiger partial charge in [-0.15, -0.1) is 0 Å². The Morgan fingerprint density at radius 1 is 0.870 bits per heavy atom. The summed E-state index contributed by atoms with van der Waals surface area (Å²) in [6.45, 7) is 1.93. The van der Waals surface area contributed by atoms with Gasteiger partial charge < -0.3 is 14.6 Å². The molecule has 2 aliphatic heterocycles. The zero-order valence-corrected chi connectivity index (χ0v) is 25.5. The summed E-state index contributed by atoms with van der Waals surface area (Å²) in [7, 11) is 2.87. The monoisotopic (exact) mass is 623 g/mol. The van der Waals surface area contributed by atoms with Crippen LogP contribution in [0.3, 0.4) is 0 Å². The first kappa shape index (κ1) is 29.5. The summed E-state index contributed by atoms with van der Waals surface area (Å²) < 4.78 is 11.6. The molecule has 3 aromatic rings. The molecule has 0 unspecified atom stereocenters. The van der Waals surface area contributed by atoms with Crippen LogP contribution in [0.25, 0.3) is 0 Å². The van der Waals surface area contributed by atoms with Gasteiger partial charge in [0.1, 0.15) is 17.2 Å². The van der Waals surface area contributed by atoms with Crippen LogP contribution < -0.4 is 14.9 Å². The van der Waals surface area contributed by atoms with E-state index in [9.17, 15) is 24.7 Å². The molecule has 0 bridgehead atoms. The van der Waals surface area contributed by atoms with Crippen LogP contribution in [-0.4, -0.2) is 58.2 Å². The maximum absolute atomic E-state index is 15.2. The van der Waals surface area contributed by atoms with E-state index in [0.29, 0.717) is 22.4 Å². The van der Waals surface area contributed by atoms with Crippen LogP contribution in [0.4, 0.5) is 5.69 Å². The van der Waals surface area contributed by atoms with Crippen LogP contribution >= 0.6 is 0 Å². The Morgan fingerprint density at radius 3 is 2.15 bits per heavy atom. The number of hydrogen-bond acceptors (Lipinski definition) is 9. The zero-order valence-electron chi connectivity index (χ0n) is 25.5. The predicted octanol–water partition coefficient (Wildman–Crippen LogP) is 4.09. The van der Waals surface area contributed by atoms with E-state index in [1.807, 2.05) is 43.3 Å². The van der Waals surface area contributed by atoms with Crippen LogP contribution in [0, 0.1) is 30.6 Å². The number of methoxy groups -OCH3 is 2. The molecule has 4 aliphatic rings. The number of nitrogens with zero attached hydrogens (tertiary/aromatic N) is 2. The Kier molecular flexibility index (Phi) is 6.89. The Bertz CT molecular complexity index is 1780. The fourth-order valence-electron chi connectivity index (χ4n) is 8.25. The van der Waals surface area contributed by atoms with Crippen LogP contribution in [0.5, 0.6) is 17.2 Å². The molecular formula is C35H33N3O8. The number of anilines is 1. The fraction of sp³-hybridized carbons (Fsp3) is 0.314. The maximum atomic E-state index is 15.2. The van der Waals surface area contributed by atoms with Gasteiger partial charge in [-0.1, -0.05) is 59.7 Å². The van der Waals surface area contributed by atoms with Gasteiger partial charge in [-0.2, -0.15) is 10.1 Å². The first-order valence-electron chi connectivity index (χ1n) is 15.1. The number of carbonyl (C=O) groups is 4. The second-order valence-electron chi connectivity index (χ2n) is 12.3. The van der Waals surface area contributed by atoms with Crippen molar-refractivity contribution in [2.45, 2.75) is 31.1 Å². The van der Waals surface area contributed by atoms with Gasteiger partial charge in [-0.25, -0.2) is 0 Å². The van der Waals surface area contributed by atoms with E-state index in [-0.39, 0.29) is 35.2 Å². The van der Waals surface area contributed by atoms with Crippen molar-refractivity contribution in [3.8, 4) is 17.2 Å². The summed E-state index contributed by atoms with van der Waals surface area (Å²) in [5, 5.41) is 22.2. The van der Waals surface area contributed by atoms with Gasteiger partial charge in [0.15, 0.2) is 0 Å². The Balaban J connectivity index is 1.52. The SMILES string of the molecule is COc1cc(O)cc(OC)c1[C@H]1C2=CC[C@@H]3C(=O)N(O)C(=O)[C@@H]3[C@@H]2C[C@H]2C(=O)N(Nc3ccc(C)cc3)C(=O)[C@@]12c1ccccc1. The smallest absolute Gasteiger partial charge is 0.260 e. The average molecular weight is 624 g/mol. The molecule has 3 aromatic carbocycles. The number of nitrogens with one attached hydrogen (secondary N) is 1. The number of allylic oxidation sites excluding steroid dienone is 2. The van der Waals surface area contributed by atoms with Gasteiger partial charge in [0.05, 0.1) is 43.1 Å². The van der Waals surface area contributed by atoms with Crippen LogP contribution in [0.1, 0.15) is 35.4 Å². The average Bonchev–Trinajstić information content (AvgIpc) is 3.42. The number of amides is 4. The van der Waals surface area contributed by atoms with E-state index in [0.717, 1.165) is 10.6 Å². The molecule has 3 N–H and O–H groups in total. The van der Waals surface area contributed by atoms with E-state index in [2.05, 4.69) is 5.43 Å². The number of benzene rings is 3. The molecule has 4 amide bonds. The van der Waals surface area contributed by atoms with Gasteiger partial charge in [0.25, 0.3) is 23.6 Å². The van der Waals surface area contributed by atoms with Gasteiger partial charge in [0.2, 0.25) is 0 Å². The quantitative estimate of drug-likeness (QED) is 0.210. The van der Waals surface area contributed by atoms with E-state index >= 15 is 4.79 Å². The van der Waals surface area contributed by atoms with E-state index in [4.69, 9.17) is 9.47 Å². The lowest BCUT2D eigenvalue weighted by Crippen LogP contribution is -2.53. The molecule has 2 aliphatic carbocycles. The Morgan fingerprint density at radius 2 is 1.52 bits per heavy atom. The molecule has 11 heteroatoms. The second kappa shape index (κ2) is 10.7. The second-order valence-corrected chi connectivity index (χ2v) is 12.3. The zero-order chi connectivity index (χ0) is 32.5. The molecule has 0 spiro atoms. The van der Waals surface area contributed by atoms with Crippen molar-refractivity contribution in [3.05, 3.63) is 95.1 Å². The highest BCUT2D eigenvalue weighted by Gasteiger charge is 2.71. The van der Waals surface area contributed by atoms with Crippen LogP contribution in [0.2, 0.25) is 0 Å². The number of phenolic OH excluding ortho intramolecular Hbond substituents is 1. The summed E-state index contributed by atoms with van der Waals surface area (Å²) in [4.78, 5) is 56.2. The number of aromatic hydroxyl groups is 1. The van der Waals surface area contributed by atoms with Gasteiger partial charge in [-0.3, -0.25) is 29.8 Å². The molecule has 2 heterocycles. The lowest BCUT2D eigenvalue weighted by atomic mass is 9.49. The van der Waals surface area contributed by atoms with Crippen molar-refractivity contribution in [1.82, 2.24) is 10.1 Å². The number of aryl methyl sites for hydroxylation is 1. The summed E-state index contributed by atoms with van der Waals surface area (Å²) in [5.41, 5.74) is 4.70. The predicted molar refractivity (Wildman–Crippen MR) is 164 cm³/mol. The summed E-state index contributed by atoms with van der Waals surface area (Å²) in [5.74, 6) is -6.40. The molecule has 2 saturated heterocycles. The fourth-order valence-corrected chi connectivity index (χ4v) is 8.25. The topological polar surface area (TPSA) is 146 Å². The van der Waals surface area contributed by atoms with Crippen LogP contribution in [-0.2, 0) is 24.6 Å². The number of hydroxylamine groups is 2. The summed E-state index contributed by atoms with van der Waals surface area (Å²) >= 11 is 0. The highest BCUT2D eigenvalue weighted by molar-refractivity contribution is 6.13. The van der Waals surface area contributed by atoms with Crippen molar-refractivity contribution in [2.24, 2.45) is 23.7 Å². The van der Waals surface area contributed by atoms with E-state index in [1.165, 1.54) is 26.4 Å². The summed E-state index contributed by atoms with van der Waals surface area (Å²) in [6.07, 6.45) is 2.09. The Hall–Kier alpha value is -5.16. The normalized spacial score (nSPS) is 28.4. The molecule has 3 fully saturated rings. The van der Waals surface area contributed by atoms with Gasteiger partial charge in [-0.05, 0) is 43.4 Å². The van der Waals surface area contributed by atoms with Crippen molar-refractivity contribution in [1.29, 1.82) is 0 Å². The third kappa shape index (κ3) is 4.00. The molecule has 1 saturated carbocycles. The van der Waals surface area contributed by atoms with Gasteiger partial charge in [0, 0.05) is 23.6 Å². The molecule has 0 aromatic heterocycles. The largest absolute Gasteiger partial charge is 0.508 e. The number of carbonyl (C=O) groups excluding carboxylic acids is 4. The maximum Gasteiger partial charge on any atom is 0.260 e. The molecule has 11 nitrogen and oxygen atoms in total. The number of hydrogen-bond donors (Lipinski definition) is 3. The molecule has 236 valence electrons. The highest BCUT2D eigenvalue weighted by Crippen LogP contribution is 2.66. The molecule has 0 radical (unpaired) electrons. The minimum atomic E-state index is -1.55. The number of hydrazine groups is 1. The number of rotatable bonds is 6. The third-order valence-corrected chi connectivity index (χ3v) is 10.2. The van der Waals surface area contributed by atoms with Crippen molar-refractivity contribution < 1.29 is 39.0 Å². The lowest BCUT2D eigenvalue weighted by molar-refractivity contribution is -0.173. The number of phenols is 1. The standard InChI is InChI=1S/C35H33N3O8/c1-18-9-11-20(12-10-18)36-37-32(41)25-17-24-22(13-14-23-28(24)33(42)38(44)31(23)40)30(29-26(45-2)15-21(39)16-27(29)46-3)35(25,34(37)43)19-7-5-4-6-8-19/h4-13,15-16,23-25,28,30,36,39,44H,14,17H2,1-3H3/t23-,24+,25-,28-,30+,35+/m0/s1. The first-order chi connectivity index (χ1) is 22.1. The third-order valence-electron chi connectivity index (χ3n) is 10.2. The van der Waals surface area contributed by atoms with E-state index in [1.54, 1.807) is 24.3 Å². The minimum absolute atomic E-state index is 0.0740. The lowest BCUT2D eigenvalue weighted by Gasteiger charge is -2.50. The summed E-state index contributed by atoms with van der Waals surface area (Å²) in [6, 6.07) is 19.2. The molecule has 7 rings (SSSR count). The van der Waals surface area contributed by atoms with Crippen molar-refractivity contribution in [3.63, 3.8) is 0 Å². The molecule has 6 atom stereocenters. The van der Waals surface area contributed by atoms with Crippen molar-refractivity contribution >= 4 is 29.3 Å². The number of ether oxygens (including phenoxy) is 2. The van der Waals surface area contributed by atoms with Crippen LogP contribution in [0.15, 0.2) is 78.4 Å².